The minimum absolute atomic E-state index is 0.0438. The molecule has 136 valence electrons. The summed E-state index contributed by atoms with van der Waals surface area (Å²) >= 11 is 0. The Morgan fingerprint density at radius 3 is 2.52 bits per heavy atom. The lowest BCUT2D eigenvalue weighted by molar-refractivity contribution is -0.118. The van der Waals surface area contributed by atoms with Gasteiger partial charge in [-0.3, -0.25) is 14.5 Å². The summed E-state index contributed by atoms with van der Waals surface area (Å²) < 4.78 is 5.33. The highest BCUT2D eigenvalue weighted by Gasteiger charge is 2.39. The molecule has 2 aliphatic rings. The van der Waals surface area contributed by atoms with Crippen LogP contribution in [0.4, 0.5) is 11.4 Å². The second-order valence-electron chi connectivity index (χ2n) is 7.13. The largest absolute Gasteiger partial charge is 0.495 e. The van der Waals surface area contributed by atoms with Gasteiger partial charge in [0.15, 0.2) is 0 Å². The maximum Gasteiger partial charge on any atom is 0.238 e. The summed E-state index contributed by atoms with van der Waals surface area (Å²) in [6.45, 7) is 4.09. The minimum atomic E-state index is -0.152. The molecule has 0 aromatic heterocycles. The van der Waals surface area contributed by atoms with E-state index in [-0.39, 0.29) is 11.8 Å². The van der Waals surface area contributed by atoms with Crippen molar-refractivity contribution in [1.82, 2.24) is 4.90 Å². The van der Waals surface area contributed by atoms with E-state index in [4.69, 9.17) is 4.74 Å². The Morgan fingerprint density at radius 2 is 1.96 bits per heavy atom. The molecule has 3 rings (SSSR count). The predicted molar refractivity (Wildman–Crippen MR) is 97.8 cm³/mol. The lowest BCUT2D eigenvalue weighted by atomic mass is 10.1. The third-order valence-corrected chi connectivity index (χ3v) is 4.96. The van der Waals surface area contributed by atoms with Crippen molar-refractivity contribution in [3.63, 3.8) is 0 Å². The molecule has 0 spiro atoms. The van der Waals surface area contributed by atoms with E-state index in [1.165, 1.54) is 32.6 Å². The van der Waals surface area contributed by atoms with Gasteiger partial charge in [0.2, 0.25) is 11.8 Å². The summed E-state index contributed by atoms with van der Waals surface area (Å²) in [4.78, 5) is 26.2. The average Bonchev–Trinajstić information content (AvgIpc) is 3.45. The van der Waals surface area contributed by atoms with Crippen LogP contribution in [0.25, 0.3) is 0 Å². The molecule has 0 heterocycles. The number of benzene rings is 1. The first-order valence-corrected chi connectivity index (χ1v) is 8.99. The molecule has 6 heteroatoms. The molecule has 25 heavy (non-hydrogen) atoms. The highest BCUT2D eigenvalue weighted by molar-refractivity contribution is 5.95. The molecule has 2 N–H and O–H groups in total. The Labute approximate surface area is 148 Å². The maximum atomic E-state index is 12.6. The van der Waals surface area contributed by atoms with Crippen molar-refractivity contribution < 1.29 is 14.3 Å². The molecule has 2 saturated carbocycles. The number of ether oxygens (including phenoxy) is 1. The van der Waals surface area contributed by atoms with E-state index >= 15 is 0 Å². The van der Waals surface area contributed by atoms with Gasteiger partial charge in [0, 0.05) is 24.7 Å². The summed E-state index contributed by atoms with van der Waals surface area (Å²) in [6.07, 6.45) is 4.93. The van der Waals surface area contributed by atoms with Gasteiger partial charge in [0.05, 0.1) is 19.3 Å². The van der Waals surface area contributed by atoms with Crippen LogP contribution in [0.3, 0.4) is 0 Å². The number of carbonyl (C=O) groups is 2. The van der Waals surface area contributed by atoms with Crippen LogP contribution < -0.4 is 15.4 Å². The SMILES string of the molecule is COc1ccc(NC(C)=O)cc1NC(=O)CN(C1CC1)C(C)C1CC1. The van der Waals surface area contributed by atoms with Crippen LogP contribution in [-0.4, -0.2) is 42.5 Å². The molecular formula is C19H27N3O3. The molecule has 0 saturated heterocycles. The third kappa shape index (κ3) is 4.72. The lowest BCUT2D eigenvalue weighted by Gasteiger charge is -2.28. The van der Waals surface area contributed by atoms with Gasteiger partial charge in [-0.1, -0.05) is 0 Å². The zero-order chi connectivity index (χ0) is 18.0. The fraction of sp³-hybridized carbons (Fsp3) is 0.579. The number of carbonyl (C=O) groups excluding carboxylic acids is 2. The van der Waals surface area contributed by atoms with Crippen molar-refractivity contribution in [1.29, 1.82) is 0 Å². The Hall–Kier alpha value is -2.08. The summed E-state index contributed by atoms with van der Waals surface area (Å²) in [5, 5.41) is 5.67. The summed E-state index contributed by atoms with van der Waals surface area (Å²) in [7, 11) is 1.56. The van der Waals surface area contributed by atoms with Gasteiger partial charge in [-0.05, 0) is 56.7 Å². The Kier molecular flexibility index (Phi) is 5.27. The third-order valence-electron chi connectivity index (χ3n) is 4.96. The van der Waals surface area contributed by atoms with E-state index in [1.807, 2.05) is 0 Å². The number of methoxy groups -OCH3 is 1. The monoisotopic (exact) mass is 345 g/mol. The molecule has 1 aromatic carbocycles. The van der Waals surface area contributed by atoms with E-state index in [2.05, 4.69) is 22.5 Å². The van der Waals surface area contributed by atoms with Crippen LogP contribution in [0.2, 0.25) is 0 Å². The Morgan fingerprint density at radius 1 is 1.24 bits per heavy atom. The zero-order valence-corrected chi connectivity index (χ0v) is 15.2. The maximum absolute atomic E-state index is 12.6. The molecule has 1 aromatic rings. The van der Waals surface area contributed by atoms with Crippen LogP contribution in [-0.2, 0) is 9.59 Å². The molecule has 6 nitrogen and oxygen atoms in total. The summed E-state index contributed by atoms with van der Waals surface area (Å²) in [5.41, 5.74) is 1.21. The van der Waals surface area contributed by atoms with Gasteiger partial charge < -0.3 is 15.4 Å². The highest BCUT2D eigenvalue weighted by Crippen LogP contribution is 2.39. The van der Waals surface area contributed by atoms with Crippen LogP contribution >= 0.6 is 0 Å². The molecule has 0 bridgehead atoms. The number of nitrogens with zero attached hydrogens (tertiary/aromatic N) is 1. The van der Waals surface area contributed by atoms with Crippen molar-refractivity contribution in [2.75, 3.05) is 24.3 Å². The minimum Gasteiger partial charge on any atom is -0.495 e. The van der Waals surface area contributed by atoms with Crippen LogP contribution in [0.15, 0.2) is 18.2 Å². The van der Waals surface area contributed by atoms with E-state index < -0.39 is 0 Å². The molecular weight excluding hydrogens is 318 g/mol. The fourth-order valence-corrected chi connectivity index (χ4v) is 3.30. The van der Waals surface area contributed by atoms with E-state index in [9.17, 15) is 9.59 Å². The topological polar surface area (TPSA) is 70.7 Å². The molecule has 2 amide bonds. The Bertz CT molecular complexity index is 653. The first-order chi connectivity index (χ1) is 12.0. The van der Waals surface area contributed by atoms with Gasteiger partial charge in [-0.25, -0.2) is 0 Å². The van der Waals surface area contributed by atoms with Gasteiger partial charge >= 0.3 is 0 Å². The first-order valence-electron chi connectivity index (χ1n) is 8.99. The van der Waals surface area contributed by atoms with Crippen LogP contribution in [0, 0.1) is 5.92 Å². The number of hydrogen-bond acceptors (Lipinski definition) is 4. The van der Waals surface area contributed by atoms with Crippen molar-refractivity contribution in [3.05, 3.63) is 18.2 Å². The van der Waals surface area contributed by atoms with Gasteiger partial charge in [-0.2, -0.15) is 0 Å². The molecule has 0 radical (unpaired) electrons. The van der Waals surface area contributed by atoms with Gasteiger partial charge in [-0.15, -0.1) is 0 Å². The Balaban J connectivity index is 1.67. The molecule has 1 atom stereocenters. The zero-order valence-electron chi connectivity index (χ0n) is 15.2. The van der Waals surface area contributed by atoms with Crippen LogP contribution in [0.5, 0.6) is 5.75 Å². The van der Waals surface area contributed by atoms with Gasteiger partial charge in [0.25, 0.3) is 0 Å². The van der Waals surface area contributed by atoms with Crippen molar-refractivity contribution in [2.45, 2.75) is 51.6 Å². The number of amides is 2. The van der Waals surface area contributed by atoms with Crippen LogP contribution in [0.1, 0.15) is 39.5 Å². The predicted octanol–water partition coefficient (Wildman–Crippen LogP) is 2.86. The number of rotatable bonds is 8. The normalized spacial score (nSPS) is 17.9. The molecule has 0 aliphatic heterocycles. The second-order valence-corrected chi connectivity index (χ2v) is 7.13. The standard InChI is InChI=1S/C19H27N3O3/c1-12(14-4-5-14)22(16-7-8-16)11-19(24)21-17-10-15(20-13(2)23)6-9-18(17)25-3/h6,9-10,12,14,16H,4-5,7-8,11H2,1-3H3,(H,20,23)(H,21,24). The van der Waals surface area contributed by atoms with Gasteiger partial charge in [0.1, 0.15) is 5.75 Å². The van der Waals surface area contributed by atoms with Crippen molar-refractivity contribution >= 4 is 23.2 Å². The second kappa shape index (κ2) is 7.44. The summed E-state index contributed by atoms with van der Waals surface area (Å²) in [5.74, 6) is 1.12. The van der Waals surface area contributed by atoms with Crippen molar-refractivity contribution in [3.8, 4) is 5.75 Å². The highest BCUT2D eigenvalue weighted by atomic mass is 16.5. The quantitative estimate of drug-likeness (QED) is 0.760. The smallest absolute Gasteiger partial charge is 0.238 e. The van der Waals surface area contributed by atoms with E-state index in [0.717, 1.165) is 5.92 Å². The number of hydrogen-bond donors (Lipinski definition) is 2. The molecule has 2 fully saturated rings. The molecule has 2 aliphatic carbocycles. The fourth-order valence-electron chi connectivity index (χ4n) is 3.30. The molecule has 1 unspecified atom stereocenters. The van der Waals surface area contributed by atoms with E-state index in [0.29, 0.717) is 35.8 Å². The lowest BCUT2D eigenvalue weighted by Crippen LogP contribution is -2.42. The first kappa shape index (κ1) is 17.7. The summed E-state index contributed by atoms with van der Waals surface area (Å²) in [6, 6.07) is 6.23. The number of anilines is 2. The average molecular weight is 345 g/mol. The van der Waals surface area contributed by atoms with Crippen molar-refractivity contribution in [2.24, 2.45) is 5.92 Å². The number of nitrogens with one attached hydrogen (secondary N) is 2. The van der Waals surface area contributed by atoms with E-state index in [1.54, 1.807) is 25.3 Å².